The van der Waals surface area contributed by atoms with Gasteiger partial charge in [0.2, 0.25) is 0 Å². The van der Waals surface area contributed by atoms with E-state index in [1.165, 1.54) is 0 Å². The van der Waals surface area contributed by atoms with Crippen molar-refractivity contribution in [1.29, 1.82) is 0 Å². The van der Waals surface area contributed by atoms with Crippen LogP contribution in [0.2, 0.25) is 0 Å². The second kappa shape index (κ2) is 4.05. The van der Waals surface area contributed by atoms with Crippen LogP contribution in [-0.2, 0) is 0 Å². The maximum atomic E-state index is 11.0. The van der Waals surface area contributed by atoms with Crippen LogP contribution >= 0.6 is 11.6 Å². The van der Waals surface area contributed by atoms with Gasteiger partial charge in [-0.25, -0.2) is 0 Å². The lowest BCUT2D eigenvalue weighted by molar-refractivity contribution is -0.559. The average Bonchev–Trinajstić information content (AvgIpc) is 2.02. The Morgan fingerprint density at radius 1 is 1.50 bits per heavy atom. The first-order valence-corrected chi connectivity index (χ1v) is 5.59. The monoisotopic (exact) mass is 219 g/mol. The van der Waals surface area contributed by atoms with Crippen LogP contribution in [-0.4, -0.2) is 9.92 Å². The average molecular weight is 220 g/mol. The molecule has 0 spiro atoms. The zero-order chi connectivity index (χ0) is 10.9. The van der Waals surface area contributed by atoms with E-state index in [1.807, 2.05) is 20.8 Å². The molecule has 0 N–H and O–H groups in total. The predicted molar refractivity (Wildman–Crippen MR) is 56.9 cm³/mol. The highest BCUT2D eigenvalue weighted by molar-refractivity contribution is 6.22. The molecule has 0 amide bonds. The Labute approximate surface area is 90.0 Å². The molecule has 0 radical (unpaired) electrons. The van der Waals surface area contributed by atoms with E-state index in [0.29, 0.717) is 12.3 Å². The van der Waals surface area contributed by atoms with Gasteiger partial charge in [-0.1, -0.05) is 20.8 Å². The fourth-order valence-corrected chi connectivity index (χ4v) is 3.11. The molecule has 3 atom stereocenters. The van der Waals surface area contributed by atoms with Gasteiger partial charge in [0, 0.05) is 17.3 Å². The van der Waals surface area contributed by atoms with Crippen LogP contribution in [0, 0.1) is 27.9 Å². The molecule has 0 aliphatic heterocycles. The molecule has 1 rings (SSSR count). The number of hydrogen-bond acceptors (Lipinski definition) is 2. The number of hydrogen-bond donors (Lipinski definition) is 0. The summed E-state index contributed by atoms with van der Waals surface area (Å²) in [4.78, 5) is 9.51. The van der Waals surface area contributed by atoms with E-state index in [9.17, 15) is 10.1 Å². The van der Waals surface area contributed by atoms with Crippen molar-refractivity contribution in [2.45, 2.75) is 45.0 Å². The topological polar surface area (TPSA) is 43.1 Å². The zero-order valence-electron chi connectivity index (χ0n) is 9.00. The SMILES string of the molecule is CC(C)[C@@H]1CC[C@@H](C)C[C@]1(Cl)[N+](=O)[O-]. The third-order valence-electron chi connectivity index (χ3n) is 3.28. The molecule has 1 aliphatic carbocycles. The number of nitro groups is 1. The summed E-state index contributed by atoms with van der Waals surface area (Å²) in [7, 11) is 0. The van der Waals surface area contributed by atoms with Crippen LogP contribution in [0.5, 0.6) is 0 Å². The summed E-state index contributed by atoms with van der Waals surface area (Å²) in [5.74, 6) is 0.661. The molecule has 82 valence electrons. The lowest BCUT2D eigenvalue weighted by Crippen LogP contribution is -2.46. The first-order valence-electron chi connectivity index (χ1n) is 5.21. The molecule has 3 nitrogen and oxygen atoms in total. The minimum atomic E-state index is -1.22. The molecule has 14 heavy (non-hydrogen) atoms. The highest BCUT2D eigenvalue weighted by atomic mass is 35.5. The van der Waals surface area contributed by atoms with Gasteiger partial charge in [0.05, 0.1) is 0 Å². The molecular weight excluding hydrogens is 202 g/mol. The van der Waals surface area contributed by atoms with Crippen molar-refractivity contribution in [3.05, 3.63) is 10.1 Å². The number of rotatable bonds is 2. The van der Waals surface area contributed by atoms with Gasteiger partial charge in [-0.05, 0) is 36.3 Å². The molecule has 0 unspecified atom stereocenters. The van der Waals surface area contributed by atoms with E-state index in [1.54, 1.807) is 0 Å². The third kappa shape index (κ3) is 2.02. The summed E-state index contributed by atoms with van der Waals surface area (Å²) in [5, 5.41) is 11.0. The first kappa shape index (κ1) is 11.8. The summed E-state index contributed by atoms with van der Waals surface area (Å²) in [5.41, 5.74) is 0. The summed E-state index contributed by atoms with van der Waals surface area (Å²) in [6.07, 6.45) is 2.44. The lowest BCUT2D eigenvalue weighted by atomic mass is 9.74. The van der Waals surface area contributed by atoms with E-state index in [4.69, 9.17) is 11.6 Å². The number of nitrogens with zero attached hydrogens (tertiary/aromatic N) is 1. The van der Waals surface area contributed by atoms with E-state index in [0.717, 1.165) is 12.8 Å². The van der Waals surface area contributed by atoms with E-state index >= 15 is 0 Å². The standard InChI is InChI=1S/C10H18ClNO2/c1-7(2)9-5-4-8(3)6-10(9,11)12(13)14/h7-9H,4-6H2,1-3H3/t8-,9+,10+/m1/s1. The Morgan fingerprint density at radius 2 is 2.07 bits per heavy atom. The number of alkyl halides is 1. The molecule has 0 aromatic rings. The molecule has 0 heterocycles. The number of halogens is 1. The van der Waals surface area contributed by atoms with Gasteiger partial charge in [-0.15, -0.1) is 0 Å². The maximum absolute atomic E-state index is 11.0. The Bertz CT molecular complexity index is 232. The molecule has 1 fully saturated rings. The molecule has 4 heteroatoms. The summed E-state index contributed by atoms with van der Waals surface area (Å²) >= 11 is 6.17. The first-order chi connectivity index (χ1) is 6.38. The summed E-state index contributed by atoms with van der Waals surface area (Å²) in [6, 6.07) is 0. The van der Waals surface area contributed by atoms with Gasteiger partial charge < -0.3 is 0 Å². The predicted octanol–water partition coefficient (Wildman–Crippen LogP) is 3.29. The van der Waals surface area contributed by atoms with Gasteiger partial charge in [0.15, 0.2) is 0 Å². The van der Waals surface area contributed by atoms with Gasteiger partial charge in [-0.3, -0.25) is 10.1 Å². The minimum absolute atomic E-state index is 0.00960. The van der Waals surface area contributed by atoms with Crippen molar-refractivity contribution in [3.63, 3.8) is 0 Å². The Kier molecular flexibility index (Phi) is 3.40. The van der Waals surface area contributed by atoms with Crippen molar-refractivity contribution in [2.75, 3.05) is 0 Å². The minimum Gasteiger partial charge on any atom is -0.263 e. The van der Waals surface area contributed by atoms with Crippen molar-refractivity contribution in [2.24, 2.45) is 17.8 Å². The largest absolute Gasteiger partial charge is 0.298 e. The van der Waals surface area contributed by atoms with Crippen molar-refractivity contribution < 1.29 is 4.92 Å². The van der Waals surface area contributed by atoms with Crippen molar-refractivity contribution in [3.8, 4) is 0 Å². The fraction of sp³-hybridized carbons (Fsp3) is 1.00. The van der Waals surface area contributed by atoms with E-state index in [2.05, 4.69) is 0 Å². The molecule has 0 aromatic heterocycles. The van der Waals surface area contributed by atoms with Crippen LogP contribution in [0.15, 0.2) is 0 Å². The smallest absolute Gasteiger partial charge is 0.263 e. The second-order valence-electron chi connectivity index (χ2n) is 4.81. The summed E-state index contributed by atoms with van der Waals surface area (Å²) < 4.78 is 0. The van der Waals surface area contributed by atoms with Gasteiger partial charge in [0.25, 0.3) is 5.00 Å². The van der Waals surface area contributed by atoms with Crippen molar-refractivity contribution in [1.82, 2.24) is 0 Å². The molecule has 1 saturated carbocycles. The molecular formula is C10H18ClNO2. The normalized spacial score (nSPS) is 38.6. The van der Waals surface area contributed by atoms with Crippen LogP contribution in [0.4, 0.5) is 0 Å². The van der Waals surface area contributed by atoms with E-state index in [-0.39, 0.29) is 16.8 Å². The Balaban J connectivity index is 2.88. The van der Waals surface area contributed by atoms with Crippen LogP contribution in [0.25, 0.3) is 0 Å². The van der Waals surface area contributed by atoms with Crippen LogP contribution in [0.1, 0.15) is 40.0 Å². The highest BCUT2D eigenvalue weighted by Gasteiger charge is 2.52. The van der Waals surface area contributed by atoms with Crippen LogP contribution in [0.3, 0.4) is 0 Å². The molecule has 1 aliphatic rings. The molecule has 0 aromatic carbocycles. The van der Waals surface area contributed by atoms with Gasteiger partial charge in [0.1, 0.15) is 0 Å². The summed E-state index contributed by atoms with van der Waals surface area (Å²) in [6.45, 7) is 6.07. The van der Waals surface area contributed by atoms with E-state index < -0.39 is 5.00 Å². The lowest BCUT2D eigenvalue weighted by Gasteiger charge is -2.37. The maximum Gasteiger partial charge on any atom is 0.298 e. The molecule has 0 bridgehead atoms. The Morgan fingerprint density at radius 3 is 2.50 bits per heavy atom. The zero-order valence-corrected chi connectivity index (χ0v) is 9.75. The second-order valence-corrected chi connectivity index (χ2v) is 5.47. The quantitative estimate of drug-likeness (QED) is 0.310. The van der Waals surface area contributed by atoms with Crippen molar-refractivity contribution >= 4 is 11.6 Å². The molecule has 0 saturated heterocycles. The Hall–Kier alpha value is -0.310. The van der Waals surface area contributed by atoms with Gasteiger partial charge in [-0.2, -0.15) is 0 Å². The van der Waals surface area contributed by atoms with Gasteiger partial charge >= 0.3 is 0 Å². The third-order valence-corrected chi connectivity index (χ3v) is 3.85. The van der Waals surface area contributed by atoms with Crippen LogP contribution < -0.4 is 0 Å². The highest BCUT2D eigenvalue weighted by Crippen LogP contribution is 2.45. The fourth-order valence-electron chi connectivity index (χ4n) is 2.48.